The number of sulfonamides is 1. The standard InChI is InChI=1S/C15H25NO4S/c1-4-19-15(20-5-2)11-10-13-6-8-14(9-7-13)12-16-21(3,17)18/h6-9,15-16H,4-5,10-12H2,1-3H3. The summed E-state index contributed by atoms with van der Waals surface area (Å²) >= 11 is 0. The topological polar surface area (TPSA) is 64.6 Å². The second-order valence-corrected chi connectivity index (χ2v) is 6.62. The SMILES string of the molecule is CCOC(CCc1ccc(CNS(C)(=O)=O)cc1)OCC. The number of aryl methyl sites for hydroxylation is 1. The van der Waals surface area contributed by atoms with E-state index in [1.165, 1.54) is 5.56 Å². The van der Waals surface area contributed by atoms with E-state index in [4.69, 9.17) is 9.47 Å². The van der Waals surface area contributed by atoms with Crippen LogP contribution in [0.2, 0.25) is 0 Å². The van der Waals surface area contributed by atoms with Crippen LogP contribution in [0.15, 0.2) is 24.3 Å². The van der Waals surface area contributed by atoms with Gasteiger partial charge in [-0.05, 0) is 31.4 Å². The zero-order valence-electron chi connectivity index (χ0n) is 13.0. The third kappa shape index (κ3) is 8.16. The van der Waals surface area contributed by atoms with Crippen LogP contribution in [0.4, 0.5) is 0 Å². The molecule has 0 heterocycles. The van der Waals surface area contributed by atoms with E-state index in [9.17, 15) is 8.42 Å². The van der Waals surface area contributed by atoms with Crippen LogP contribution in [0.25, 0.3) is 0 Å². The van der Waals surface area contributed by atoms with Gasteiger partial charge in [0.1, 0.15) is 0 Å². The van der Waals surface area contributed by atoms with Gasteiger partial charge in [-0.1, -0.05) is 24.3 Å². The van der Waals surface area contributed by atoms with Crippen molar-refractivity contribution in [1.29, 1.82) is 0 Å². The summed E-state index contributed by atoms with van der Waals surface area (Å²) < 4.78 is 35.5. The highest BCUT2D eigenvalue weighted by Crippen LogP contribution is 2.11. The number of hydrogen-bond donors (Lipinski definition) is 1. The van der Waals surface area contributed by atoms with E-state index >= 15 is 0 Å². The van der Waals surface area contributed by atoms with Crippen LogP contribution in [0.5, 0.6) is 0 Å². The quantitative estimate of drug-likeness (QED) is 0.671. The van der Waals surface area contributed by atoms with Crippen molar-refractivity contribution in [1.82, 2.24) is 4.72 Å². The highest BCUT2D eigenvalue weighted by Gasteiger charge is 2.08. The largest absolute Gasteiger partial charge is 0.353 e. The van der Waals surface area contributed by atoms with Gasteiger partial charge in [0.15, 0.2) is 6.29 Å². The zero-order valence-corrected chi connectivity index (χ0v) is 13.8. The summed E-state index contributed by atoms with van der Waals surface area (Å²) in [6.07, 6.45) is 2.67. The minimum atomic E-state index is -3.15. The van der Waals surface area contributed by atoms with Crippen LogP contribution in [-0.2, 0) is 32.5 Å². The number of benzene rings is 1. The van der Waals surface area contributed by atoms with Crippen LogP contribution < -0.4 is 4.72 Å². The lowest BCUT2D eigenvalue weighted by Crippen LogP contribution is -2.21. The molecule has 120 valence electrons. The molecular weight excluding hydrogens is 290 g/mol. The first kappa shape index (κ1) is 18.1. The molecule has 0 saturated heterocycles. The van der Waals surface area contributed by atoms with Crippen LogP contribution in [0.1, 0.15) is 31.4 Å². The number of hydrogen-bond acceptors (Lipinski definition) is 4. The Morgan fingerprint density at radius 1 is 1.05 bits per heavy atom. The smallest absolute Gasteiger partial charge is 0.209 e. The molecule has 1 N–H and O–H groups in total. The fourth-order valence-corrected chi connectivity index (χ4v) is 2.34. The molecule has 0 bridgehead atoms. The van der Waals surface area contributed by atoms with Crippen molar-refractivity contribution in [3.05, 3.63) is 35.4 Å². The third-order valence-corrected chi connectivity index (χ3v) is 3.60. The monoisotopic (exact) mass is 315 g/mol. The number of rotatable bonds is 10. The van der Waals surface area contributed by atoms with Crippen molar-refractivity contribution < 1.29 is 17.9 Å². The molecule has 21 heavy (non-hydrogen) atoms. The van der Waals surface area contributed by atoms with E-state index < -0.39 is 10.0 Å². The highest BCUT2D eigenvalue weighted by atomic mass is 32.2. The molecule has 0 atom stereocenters. The van der Waals surface area contributed by atoms with Crippen molar-refractivity contribution in [2.24, 2.45) is 0 Å². The molecule has 5 nitrogen and oxygen atoms in total. The Labute approximate surface area is 127 Å². The summed E-state index contributed by atoms with van der Waals surface area (Å²) in [4.78, 5) is 0. The molecule has 0 aromatic heterocycles. The molecule has 1 rings (SSSR count). The van der Waals surface area contributed by atoms with Gasteiger partial charge in [-0.2, -0.15) is 0 Å². The molecule has 0 radical (unpaired) electrons. The minimum Gasteiger partial charge on any atom is -0.353 e. The molecule has 0 spiro atoms. The summed E-state index contributed by atoms with van der Waals surface area (Å²) in [5, 5.41) is 0. The molecule has 0 saturated carbocycles. The maximum absolute atomic E-state index is 11.0. The van der Waals surface area contributed by atoms with Crippen LogP contribution in [0.3, 0.4) is 0 Å². The van der Waals surface area contributed by atoms with Gasteiger partial charge in [0.2, 0.25) is 10.0 Å². The predicted octanol–water partition coefficient (Wildman–Crippen LogP) is 2.07. The first-order chi connectivity index (χ1) is 9.94. The lowest BCUT2D eigenvalue weighted by Gasteiger charge is -2.16. The Bertz CT molecular complexity index is 493. The summed E-state index contributed by atoms with van der Waals surface area (Å²) in [7, 11) is -3.15. The Hall–Kier alpha value is -0.950. The summed E-state index contributed by atoms with van der Waals surface area (Å²) in [5.74, 6) is 0. The second kappa shape index (κ2) is 9.15. The average Bonchev–Trinajstić information content (AvgIpc) is 2.43. The fraction of sp³-hybridized carbons (Fsp3) is 0.600. The van der Waals surface area contributed by atoms with E-state index in [2.05, 4.69) is 4.72 Å². The van der Waals surface area contributed by atoms with Crippen LogP contribution in [0, 0.1) is 0 Å². The Kier molecular flexibility index (Phi) is 7.88. The van der Waals surface area contributed by atoms with Gasteiger partial charge in [-0.3, -0.25) is 0 Å². The predicted molar refractivity (Wildman–Crippen MR) is 83.5 cm³/mol. The van der Waals surface area contributed by atoms with Crippen molar-refractivity contribution in [2.45, 2.75) is 39.5 Å². The van der Waals surface area contributed by atoms with Crippen molar-refractivity contribution in [2.75, 3.05) is 19.5 Å². The zero-order chi connectivity index (χ0) is 15.7. The Balaban J connectivity index is 2.46. The van der Waals surface area contributed by atoms with Crippen LogP contribution >= 0.6 is 0 Å². The molecule has 0 amide bonds. The number of ether oxygens (including phenoxy) is 2. The van der Waals surface area contributed by atoms with E-state index in [1.54, 1.807) is 0 Å². The van der Waals surface area contributed by atoms with Crippen molar-refractivity contribution in [3.63, 3.8) is 0 Å². The molecular formula is C15H25NO4S. The summed E-state index contributed by atoms with van der Waals surface area (Å²) in [6.45, 7) is 5.51. The lowest BCUT2D eigenvalue weighted by atomic mass is 10.1. The third-order valence-electron chi connectivity index (χ3n) is 2.94. The summed E-state index contributed by atoms with van der Waals surface area (Å²) in [5.41, 5.74) is 2.12. The van der Waals surface area contributed by atoms with E-state index in [0.717, 1.165) is 24.7 Å². The van der Waals surface area contributed by atoms with Gasteiger partial charge in [0, 0.05) is 26.2 Å². The van der Waals surface area contributed by atoms with Crippen molar-refractivity contribution >= 4 is 10.0 Å². The van der Waals surface area contributed by atoms with Crippen molar-refractivity contribution in [3.8, 4) is 0 Å². The van der Waals surface area contributed by atoms with Gasteiger partial charge in [-0.25, -0.2) is 13.1 Å². The normalized spacial score (nSPS) is 12.0. The van der Waals surface area contributed by atoms with Gasteiger partial charge in [-0.15, -0.1) is 0 Å². The van der Waals surface area contributed by atoms with E-state index in [-0.39, 0.29) is 6.29 Å². The fourth-order valence-electron chi connectivity index (χ4n) is 1.91. The first-order valence-corrected chi connectivity index (χ1v) is 9.09. The van der Waals surface area contributed by atoms with Gasteiger partial charge >= 0.3 is 0 Å². The van der Waals surface area contributed by atoms with Gasteiger partial charge < -0.3 is 9.47 Å². The van der Waals surface area contributed by atoms with Gasteiger partial charge in [0.25, 0.3) is 0 Å². The maximum atomic E-state index is 11.0. The molecule has 1 aromatic carbocycles. The summed E-state index contributed by atoms with van der Waals surface area (Å²) in [6, 6.07) is 7.89. The molecule has 0 aliphatic heterocycles. The Morgan fingerprint density at radius 2 is 1.57 bits per heavy atom. The molecule has 1 aromatic rings. The van der Waals surface area contributed by atoms with Gasteiger partial charge in [0.05, 0.1) is 6.26 Å². The van der Waals surface area contributed by atoms with E-state index in [0.29, 0.717) is 19.8 Å². The molecule has 0 fully saturated rings. The Morgan fingerprint density at radius 3 is 2.05 bits per heavy atom. The van der Waals surface area contributed by atoms with Crippen LogP contribution in [-0.4, -0.2) is 34.2 Å². The lowest BCUT2D eigenvalue weighted by molar-refractivity contribution is -0.139. The highest BCUT2D eigenvalue weighted by molar-refractivity contribution is 7.88. The molecule has 6 heteroatoms. The minimum absolute atomic E-state index is 0.161. The van der Waals surface area contributed by atoms with E-state index in [1.807, 2.05) is 38.1 Å². The molecule has 0 aliphatic rings. The number of nitrogens with one attached hydrogen (secondary N) is 1. The molecule has 0 aliphatic carbocycles. The second-order valence-electron chi connectivity index (χ2n) is 4.79. The first-order valence-electron chi connectivity index (χ1n) is 7.20. The average molecular weight is 315 g/mol. The maximum Gasteiger partial charge on any atom is 0.209 e. The molecule has 0 unspecified atom stereocenters.